The fourth-order valence-electron chi connectivity index (χ4n) is 2.38. The maximum Gasteiger partial charge on any atom is 0.289 e. The topological polar surface area (TPSA) is 62.7 Å². The second-order valence-corrected chi connectivity index (χ2v) is 5.37. The highest BCUT2D eigenvalue weighted by atomic mass is 16.3. The molecule has 1 aromatic rings. The molecule has 0 radical (unpaired) electrons. The Morgan fingerprint density at radius 1 is 1.42 bits per heavy atom. The Balaban J connectivity index is 1.86. The first-order chi connectivity index (χ1) is 9.11. The molecule has 1 aromatic heterocycles. The van der Waals surface area contributed by atoms with E-state index in [-0.39, 0.29) is 5.91 Å². The Morgan fingerprint density at radius 3 is 2.63 bits per heavy atom. The molecular weight excluding hydrogens is 242 g/mol. The number of piperazine rings is 1. The molecule has 2 N–H and O–H groups in total. The molecule has 1 aliphatic heterocycles. The van der Waals surface area contributed by atoms with Gasteiger partial charge in [-0.1, -0.05) is 6.92 Å². The zero-order chi connectivity index (χ0) is 13.8. The number of carbonyl (C=O) groups is 1. The van der Waals surface area contributed by atoms with Crippen molar-refractivity contribution in [1.29, 1.82) is 0 Å². The van der Waals surface area contributed by atoms with Gasteiger partial charge in [0.15, 0.2) is 5.76 Å². The van der Waals surface area contributed by atoms with Crippen LogP contribution < -0.4 is 5.73 Å². The predicted molar refractivity (Wildman–Crippen MR) is 74.0 cm³/mol. The molecule has 5 nitrogen and oxygen atoms in total. The molecule has 0 bridgehead atoms. The van der Waals surface area contributed by atoms with Crippen molar-refractivity contribution < 1.29 is 9.21 Å². The van der Waals surface area contributed by atoms with Gasteiger partial charge in [-0.25, -0.2) is 0 Å². The van der Waals surface area contributed by atoms with Gasteiger partial charge < -0.3 is 15.1 Å². The summed E-state index contributed by atoms with van der Waals surface area (Å²) in [4.78, 5) is 16.5. The summed E-state index contributed by atoms with van der Waals surface area (Å²) in [6.07, 6.45) is 1.57. The van der Waals surface area contributed by atoms with E-state index >= 15 is 0 Å². The fourth-order valence-corrected chi connectivity index (χ4v) is 2.38. The van der Waals surface area contributed by atoms with E-state index in [1.807, 2.05) is 17.9 Å². The molecule has 1 fully saturated rings. The number of rotatable bonds is 4. The standard InChI is InChI=1S/C14H23N3O2/c1-11(9-15)10-16-4-6-17(7-5-16)14(18)13-12(2)3-8-19-13/h3,8,11H,4-7,9-10,15H2,1-2H3. The van der Waals surface area contributed by atoms with Gasteiger partial charge in [-0.05, 0) is 25.5 Å². The monoisotopic (exact) mass is 265 g/mol. The largest absolute Gasteiger partial charge is 0.459 e. The van der Waals surface area contributed by atoms with Crippen LogP contribution >= 0.6 is 0 Å². The summed E-state index contributed by atoms with van der Waals surface area (Å²) < 4.78 is 5.27. The van der Waals surface area contributed by atoms with Crippen LogP contribution in [0, 0.1) is 12.8 Å². The molecule has 0 aromatic carbocycles. The first-order valence-corrected chi connectivity index (χ1v) is 6.87. The molecule has 0 spiro atoms. The van der Waals surface area contributed by atoms with Gasteiger partial charge in [0, 0.05) is 38.3 Å². The van der Waals surface area contributed by atoms with Crippen molar-refractivity contribution in [2.24, 2.45) is 11.7 Å². The van der Waals surface area contributed by atoms with Crippen LogP contribution in [-0.2, 0) is 0 Å². The van der Waals surface area contributed by atoms with E-state index in [9.17, 15) is 4.79 Å². The molecule has 1 unspecified atom stereocenters. The molecule has 0 aliphatic carbocycles. The molecule has 106 valence electrons. The maximum atomic E-state index is 12.3. The second kappa shape index (κ2) is 6.21. The summed E-state index contributed by atoms with van der Waals surface area (Å²) in [6.45, 7) is 9.13. The Bertz CT molecular complexity index is 422. The van der Waals surface area contributed by atoms with Crippen molar-refractivity contribution in [2.45, 2.75) is 13.8 Å². The van der Waals surface area contributed by atoms with E-state index in [1.54, 1.807) is 6.26 Å². The van der Waals surface area contributed by atoms with E-state index in [0.29, 0.717) is 18.2 Å². The zero-order valence-corrected chi connectivity index (χ0v) is 11.8. The van der Waals surface area contributed by atoms with E-state index in [4.69, 9.17) is 10.2 Å². The summed E-state index contributed by atoms with van der Waals surface area (Å²) in [5.74, 6) is 0.993. The quantitative estimate of drug-likeness (QED) is 0.880. The smallest absolute Gasteiger partial charge is 0.289 e. The summed E-state index contributed by atoms with van der Waals surface area (Å²) in [5, 5.41) is 0. The average molecular weight is 265 g/mol. The molecule has 1 amide bonds. The van der Waals surface area contributed by atoms with Gasteiger partial charge in [0.25, 0.3) is 5.91 Å². The van der Waals surface area contributed by atoms with Crippen LogP contribution in [0.25, 0.3) is 0 Å². The van der Waals surface area contributed by atoms with Gasteiger partial charge in [-0.3, -0.25) is 9.69 Å². The molecule has 1 aliphatic rings. The first-order valence-electron chi connectivity index (χ1n) is 6.87. The summed E-state index contributed by atoms with van der Waals surface area (Å²) >= 11 is 0. The van der Waals surface area contributed by atoms with E-state index in [0.717, 1.165) is 38.3 Å². The van der Waals surface area contributed by atoms with Gasteiger partial charge in [-0.15, -0.1) is 0 Å². The van der Waals surface area contributed by atoms with Crippen molar-refractivity contribution in [3.8, 4) is 0 Å². The minimum absolute atomic E-state index is 0.00835. The Hall–Kier alpha value is -1.33. The lowest BCUT2D eigenvalue weighted by Crippen LogP contribution is -2.50. The van der Waals surface area contributed by atoms with Crippen LogP contribution in [-0.4, -0.2) is 55.0 Å². The molecule has 1 saturated heterocycles. The summed E-state index contributed by atoms with van der Waals surface area (Å²) in [5.41, 5.74) is 6.55. The number of furan rings is 1. The number of nitrogens with two attached hydrogens (primary N) is 1. The van der Waals surface area contributed by atoms with Gasteiger partial charge in [0.2, 0.25) is 0 Å². The van der Waals surface area contributed by atoms with Crippen molar-refractivity contribution in [3.05, 3.63) is 23.7 Å². The third-order valence-electron chi connectivity index (χ3n) is 3.69. The Kier molecular flexibility index (Phi) is 4.61. The average Bonchev–Trinajstić information content (AvgIpc) is 2.85. The highest BCUT2D eigenvalue weighted by Gasteiger charge is 2.25. The molecule has 2 rings (SSSR count). The van der Waals surface area contributed by atoms with Crippen LogP contribution in [0.2, 0.25) is 0 Å². The number of aryl methyl sites for hydroxylation is 1. The molecular formula is C14H23N3O2. The minimum Gasteiger partial charge on any atom is -0.459 e. The van der Waals surface area contributed by atoms with Crippen LogP contribution in [0.1, 0.15) is 23.0 Å². The minimum atomic E-state index is 0.00835. The van der Waals surface area contributed by atoms with Crippen LogP contribution in [0.3, 0.4) is 0 Å². The van der Waals surface area contributed by atoms with Crippen molar-refractivity contribution in [3.63, 3.8) is 0 Å². The highest BCUT2D eigenvalue weighted by molar-refractivity contribution is 5.92. The lowest BCUT2D eigenvalue weighted by molar-refractivity contribution is 0.0590. The highest BCUT2D eigenvalue weighted by Crippen LogP contribution is 2.14. The number of amides is 1. The van der Waals surface area contributed by atoms with Crippen LogP contribution in [0.4, 0.5) is 0 Å². The number of nitrogens with zero attached hydrogens (tertiary/aromatic N) is 2. The maximum absolute atomic E-state index is 12.3. The molecule has 2 heterocycles. The van der Waals surface area contributed by atoms with Crippen molar-refractivity contribution in [2.75, 3.05) is 39.3 Å². The SMILES string of the molecule is Cc1ccoc1C(=O)N1CCN(CC(C)CN)CC1. The Morgan fingerprint density at radius 2 is 2.11 bits per heavy atom. The van der Waals surface area contributed by atoms with Crippen molar-refractivity contribution in [1.82, 2.24) is 9.80 Å². The second-order valence-electron chi connectivity index (χ2n) is 5.37. The Labute approximate surface area is 114 Å². The third-order valence-corrected chi connectivity index (χ3v) is 3.69. The summed E-state index contributed by atoms with van der Waals surface area (Å²) in [6, 6.07) is 1.83. The number of carbonyl (C=O) groups excluding carboxylic acids is 1. The third kappa shape index (κ3) is 3.36. The molecule has 1 atom stereocenters. The van der Waals surface area contributed by atoms with Gasteiger partial charge in [0.1, 0.15) is 0 Å². The fraction of sp³-hybridized carbons (Fsp3) is 0.643. The van der Waals surface area contributed by atoms with Gasteiger partial charge >= 0.3 is 0 Å². The van der Waals surface area contributed by atoms with Gasteiger partial charge in [-0.2, -0.15) is 0 Å². The number of hydrogen-bond donors (Lipinski definition) is 1. The molecule has 0 saturated carbocycles. The predicted octanol–water partition coefficient (Wildman–Crippen LogP) is 0.941. The molecule has 19 heavy (non-hydrogen) atoms. The van der Waals surface area contributed by atoms with E-state index < -0.39 is 0 Å². The van der Waals surface area contributed by atoms with E-state index in [2.05, 4.69) is 11.8 Å². The van der Waals surface area contributed by atoms with Crippen LogP contribution in [0.5, 0.6) is 0 Å². The zero-order valence-electron chi connectivity index (χ0n) is 11.8. The lowest BCUT2D eigenvalue weighted by atomic mass is 10.1. The first kappa shape index (κ1) is 14.1. The molecule has 5 heteroatoms. The van der Waals surface area contributed by atoms with Crippen LogP contribution in [0.15, 0.2) is 16.7 Å². The van der Waals surface area contributed by atoms with Crippen molar-refractivity contribution >= 4 is 5.91 Å². The number of hydrogen-bond acceptors (Lipinski definition) is 4. The van der Waals surface area contributed by atoms with E-state index in [1.165, 1.54) is 0 Å². The normalized spacial score (nSPS) is 18.6. The summed E-state index contributed by atoms with van der Waals surface area (Å²) in [7, 11) is 0. The van der Waals surface area contributed by atoms with Gasteiger partial charge in [0.05, 0.1) is 6.26 Å². The lowest BCUT2D eigenvalue weighted by Gasteiger charge is -2.35.